The van der Waals surface area contributed by atoms with Gasteiger partial charge in [0.1, 0.15) is 18.1 Å². The molecule has 11 heteroatoms. The zero-order chi connectivity index (χ0) is 23.1. The number of hydrogen-bond donors (Lipinski definition) is 5. The van der Waals surface area contributed by atoms with Crippen LogP contribution in [0.2, 0.25) is 0 Å². The van der Waals surface area contributed by atoms with Crippen LogP contribution in [0.4, 0.5) is 0 Å². The highest BCUT2D eigenvalue weighted by molar-refractivity contribution is 5.96. The topological polar surface area (TPSA) is 171 Å². The molecule has 2 aliphatic heterocycles. The number of nitrogens with one attached hydrogen (secondary N) is 3. The van der Waals surface area contributed by atoms with Crippen molar-refractivity contribution in [3.63, 3.8) is 0 Å². The molecule has 0 saturated carbocycles. The normalized spacial score (nSPS) is 22.7. The van der Waals surface area contributed by atoms with Gasteiger partial charge in [-0.2, -0.15) is 0 Å². The van der Waals surface area contributed by atoms with Crippen molar-refractivity contribution in [1.82, 2.24) is 20.9 Å². The maximum Gasteiger partial charge on any atom is 0.326 e. The number of nitrogens with zero attached hydrogens (tertiary/aromatic N) is 1. The molecule has 2 saturated heterocycles. The van der Waals surface area contributed by atoms with Crippen LogP contribution in [-0.2, 0) is 24.0 Å². The molecule has 31 heavy (non-hydrogen) atoms. The number of aliphatic carboxylic acids is 1. The van der Waals surface area contributed by atoms with Crippen molar-refractivity contribution in [2.75, 3.05) is 13.1 Å². The van der Waals surface area contributed by atoms with Crippen molar-refractivity contribution < 1.29 is 29.1 Å². The fourth-order valence-electron chi connectivity index (χ4n) is 4.04. The molecule has 0 aromatic heterocycles. The first-order valence-electron chi connectivity index (χ1n) is 10.8. The van der Waals surface area contributed by atoms with Crippen LogP contribution < -0.4 is 21.7 Å². The number of primary amides is 1. The molecule has 4 unspecified atom stereocenters. The largest absolute Gasteiger partial charge is 0.480 e. The van der Waals surface area contributed by atoms with Crippen LogP contribution in [0.15, 0.2) is 0 Å². The molecule has 2 heterocycles. The molecule has 0 radical (unpaired) electrons. The summed E-state index contributed by atoms with van der Waals surface area (Å²) >= 11 is 0. The summed E-state index contributed by atoms with van der Waals surface area (Å²) in [6, 6.07) is -3.56. The molecule has 2 aliphatic rings. The lowest BCUT2D eigenvalue weighted by Gasteiger charge is -2.29. The van der Waals surface area contributed by atoms with Crippen molar-refractivity contribution in [3.05, 3.63) is 0 Å². The molecule has 2 fully saturated rings. The van der Waals surface area contributed by atoms with E-state index in [0.717, 1.165) is 6.42 Å². The Bertz CT molecular complexity index is 706. The van der Waals surface area contributed by atoms with Crippen LogP contribution in [0.1, 0.15) is 52.4 Å². The Kier molecular flexibility index (Phi) is 8.78. The number of likely N-dealkylation sites (tertiary alicyclic amines) is 1. The molecular weight excluding hydrogens is 406 g/mol. The molecule has 0 spiro atoms. The number of hydrogen-bond acceptors (Lipinski definition) is 6. The van der Waals surface area contributed by atoms with E-state index >= 15 is 0 Å². The van der Waals surface area contributed by atoms with Gasteiger partial charge in [0.05, 0.1) is 12.5 Å². The molecule has 11 nitrogen and oxygen atoms in total. The van der Waals surface area contributed by atoms with Gasteiger partial charge in [0, 0.05) is 6.54 Å². The number of carboxylic acids is 1. The minimum Gasteiger partial charge on any atom is -0.480 e. The first-order chi connectivity index (χ1) is 14.6. The average molecular weight is 440 g/mol. The summed E-state index contributed by atoms with van der Waals surface area (Å²) in [7, 11) is 0. The second-order valence-electron chi connectivity index (χ2n) is 8.60. The van der Waals surface area contributed by atoms with Crippen LogP contribution in [0.3, 0.4) is 0 Å². The van der Waals surface area contributed by atoms with Crippen LogP contribution >= 0.6 is 0 Å². The van der Waals surface area contributed by atoms with E-state index in [-0.39, 0.29) is 12.3 Å². The Morgan fingerprint density at radius 1 is 1.10 bits per heavy atom. The van der Waals surface area contributed by atoms with Crippen molar-refractivity contribution in [2.45, 2.75) is 76.5 Å². The lowest BCUT2D eigenvalue weighted by molar-refractivity contribution is -0.149. The standard InChI is InChI=1S/C20H33N5O6/c1-11(2)9-14(19(29)25-8-4-6-15(25)20(30)31)24-18(28)13(10-16(21)26)23-17(27)12-5-3-7-22-12/h11-15,22H,3-10H2,1-2H3,(H2,21,26)(H,23,27)(H,24,28)(H,30,31). The first-order valence-corrected chi connectivity index (χ1v) is 10.8. The molecule has 0 aromatic rings. The van der Waals surface area contributed by atoms with Gasteiger partial charge >= 0.3 is 5.97 Å². The predicted molar refractivity (Wildman–Crippen MR) is 111 cm³/mol. The third-order valence-electron chi connectivity index (χ3n) is 5.56. The maximum atomic E-state index is 13.1. The average Bonchev–Trinajstić information content (AvgIpc) is 3.37. The summed E-state index contributed by atoms with van der Waals surface area (Å²) in [5, 5.41) is 17.6. The number of rotatable bonds is 10. The fourth-order valence-corrected chi connectivity index (χ4v) is 4.04. The van der Waals surface area contributed by atoms with Gasteiger partial charge in [-0.15, -0.1) is 0 Å². The molecule has 6 N–H and O–H groups in total. The van der Waals surface area contributed by atoms with Crippen molar-refractivity contribution >= 4 is 29.6 Å². The van der Waals surface area contributed by atoms with Crippen molar-refractivity contribution in [2.24, 2.45) is 11.7 Å². The smallest absolute Gasteiger partial charge is 0.326 e. The van der Waals surface area contributed by atoms with Gasteiger partial charge in [-0.05, 0) is 44.6 Å². The van der Waals surface area contributed by atoms with Gasteiger partial charge in [-0.1, -0.05) is 13.8 Å². The van der Waals surface area contributed by atoms with Crippen molar-refractivity contribution in [1.29, 1.82) is 0 Å². The maximum absolute atomic E-state index is 13.1. The van der Waals surface area contributed by atoms with E-state index in [1.807, 2.05) is 13.8 Å². The summed E-state index contributed by atoms with van der Waals surface area (Å²) < 4.78 is 0. The number of amides is 4. The molecule has 0 aliphatic carbocycles. The molecule has 4 amide bonds. The fraction of sp³-hybridized carbons (Fsp3) is 0.750. The monoisotopic (exact) mass is 439 g/mol. The lowest BCUT2D eigenvalue weighted by atomic mass is 10.0. The molecule has 0 aromatic carbocycles. The van der Waals surface area contributed by atoms with E-state index in [0.29, 0.717) is 32.4 Å². The zero-order valence-corrected chi connectivity index (χ0v) is 18.1. The van der Waals surface area contributed by atoms with Gasteiger partial charge in [-0.25, -0.2) is 4.79 Å². The van der Waals surface area contributed by atoms with Crippen molar-refractivity contribution in [3.8, 4) is 0 Å². The second-order valence-corrected chi connectivity index (χ2v) is 8.60. The molecule has 2 rings (SSSR count). The van der Waals surface area contributed by atoms with E-state index in [1.54, 1.807) is 0 Å². The van der Waals surface area contributed by atoms with E-state index in [4.69, 9.17) is 5.73 Å². The Labute approximate surface area is 181 Å². The van der Waals surface area contributed by atoms with E-state index < -0.39 is 60.2 Å². The third kappa shape index (κ3) is 6.91. The number of carbonyl (C=O) groups is 5. The zero-order valence-electron chi connectivity index (χ0n) is 18.1. The number of carboxylic acid groups (broad SMARTS) is 1. The molecule has 0 bridgehead atoms. The highest BCUT2D eigenvalue weighted by Crippen LogP contribution is 2.20. The van der Waals surface area contributed by atoms with E-state index in [2.05, 4.69) is 16.0 Å². The predicted octanol–water partition coefficient (Wildman–Crippen LogP) is -1.29. The summed E-state index contributed by atoms with van der Waals surface area (Å²) in [6.45, 7) is 4.74. The Morgan fingerprint density at radius 3 is 2.35 bits per heavy atom. The summed E-state index contributed by atoms with van der Waals surface area (Å²) in [5.74, 6) is -3.40. The highest BCUT2D eigenvalue weighted by atomic mass is 16.4. The minimum atomic E-state index is -1.22. The van der Waals surface area contributed by atoms with Crippen LogP contribution in [0.25, 0.3) is 0 Å². The van der Waals surface area contributed by atoms with Crippen LogP contribution in [-0.4, -0.2) is 76.9 Å². The summed E-state index contributed by atoms with van der Waals surface area (Å²) in [4.78, 5) is 62.6. The Hall–Kier alpha value is -2.69. The van der Waals surface area contributed by atoms with E-state index in [1.165, 1.54) is 4.90 Å². The van der Waals surface area contributed by atoms with Gasteiger partial charge < -0.3 is 31.7 Å². The molecule has 4 atom stereocenters. The third-order valence-corrected chi connectivity index (χ3v) is 5.56. The second kappa shape index (κ2) is 11.1. The number of carbonyl (C=O) groups excluding carboxylic acids is 4. The van der Waals surface area contributed by atoms with Crippen LogP contribution in [0.5, 0.6) is 0 Å². The lowest BCUT2D eigenvalue weighted by Crippen LogP contribution is -2.58. The number of nitrogens with two attached hydrogens (primary N) is 1. The summed E-state index contributed by atoms with van der Waals surface area (Å²) in [5.41, 5.74) is 5.26. The highest BCUT2D eigenvalue weighted by Gasteiger charge is 2.38. The molecular formula is C20H33N5O6. The quantitative estimate of drug-likeness (QED) is 0.282. The summed E-state index contributed by atoms with van der Waals surface area (Å²) in [6.07, 6.45) is 2.26. The minimum absolute atomic E-state index is 0.0343. The van der Waals surface area contributed by atoms with Gasteiger partial charge in [0.15, 0.2) is 0 Å². The van der Waals surface area contributed by atoms with Gasteiger partial charge in [0.2, 0.25) is 23.6 Å². The van der Waals surface area contributed by atoms with Gasteiger partial charge in [0.25, 0.3) is 0 Å². The van der Waals surface area contributed by atoms with Gasteiger partial charge in [-0.3, -0.25) is 19.2 Å². The first kappa shape index (κ1) is 24.6. The Balaban J connectivity index is 2.12. The Morgan fingerprint density at radius 2 is 1.81 bits per heavy atom. The van der Waals surface area contributed by atoms with E-state index in [9.17, 15) is 29.1 Å². The molecule has 174 valence electrons. The SMILES string of the molecule is CC(C)CC(NC(=O)C(CC(N)=O)NC(=O)C1CCCN1)C(=O)N1CCCC1C(=O)O. The van der Waals surface area contributed by atoms with Crippen LogP contribution in [0, 0.1) is 5.92 Å².